The van der Waals surface area contributed by atoms with Gasteiger partial charge in [0.1, 0.15) is 5.82 Å². The fourth-order valence-electron chi connectivity index (χ4n) is 2.46. The zero-order valence-electron chi connectivity index (χ0n) is 12.1. The van der Waals surface area contributed by atoms with Gasteiger partial charge in [0.2, 0.25) is 0 Å². The van der Waals surface area contributed by atoms with Crippen molar-refractivity contribution in [1.29, 1.82) is 0 Å². The van der Waals surface area contributed by atoms with Gasteiger partial charge >= 0.3 is 6.03 Å². The molecule has 5 nitrogen and oxygen atoms in total. The molecule has 1 aliphatic heterocycles. The third-order valence-corrected chi connectivity index (χ3v) is 3.77. The van der Waals surface area contributed by atoms with Crippen molar-refractivity contribution in [3.8, 4) is 0 Å². The molecule has 1 saturated heterocycles. The van der Waals surface area contributed by atoms with Crippen LogP contribution in [0.25, 0.3) is 0 Å². The Morgan fingerprint density at radius 3 is 2.62 bits per heavy atom. The first kappa shape index (κ1) is 15.4. The van der Waals surface area contributed by atoms with Crippen molar-refractivity contribution in [3.05, 3.63) is 30.1 Å². The van der Waals surface area contributed by atoms with Gasteiger partial charge in [0, 0.05) is 0 Å². The number of likely N-dealkylation sites (tertiary alicyclic amines) is 1. The number of anilines is 1. The summed E-state index contributed by atoms with van der Waals surface area (Å²) < 4.78 is 13.4. The number of halogens is 1. The Labute approximate surface area is 123 Å². The lowest BCUT2D eigenvalue weighted by Gasteiger charge is -2.26. The van der Waals surface area contributed by atoms with Crippen LogP contribution in [0.15, 0.2) is 24.3 Å². The Bertz CT molecular complexity index is 513. The highest BCUT2D eigenvalue weighted by atomic mass is 19.1. The molecule has 0 aliphatic carbocycles. The average Bonchev–Trinajstić information content (AvgIpc) is 2.44. The van der Waals surface area contributed by atoms with E-state index in [1.807, 2.05) is 0 Å². The third kappa shape index (κ3) is 4.82. The number of piperidine rings is 1. The van der Waals surface area contributed by atoms with Gasteiger partial charge in [-0.3, -0.25) is 10.1 Å². The lowest BCUT2D eigenvalue weighted by atomic mass is 9.99. The van der Waals surface area contributed by atoms with Gasteiger partial charge in [-0.05, 0) is 30.9 Å². The molecule has 3 amide bonds. The number of quaternary nitrogens is 1. The van der Waals surface area contributed by atoms with Crippen LogP contribution in [0.1, 0.15) is 19.8 Å². The maximum Gasteiger partial charge on any atom is 0.326 e. The minimum atomic E-state index is -0.699. The molecule has 0 unspecified atom stereocenters. The summed E-state index contributed by atoms with van der Waals surface area (Å²) >= 11 is 0. The Morgan fingerprint density at radius 2 is 1.95 bits per heavy atom. The molecule has 0 bridgehead atoms. The summed E-state index contributed by atoms with van der Waals surface area (Å²) in [6, 6.07) is 5.13. The molecule has 1 heterocycles. The second-order valence-corrected chi connectivity index (χ2v) is 5.59. The Kier molecular flexibility index (Phi) is 5.27. The van der Waals surface area contributed by atoms with E-state index in [0.717, 1.165) is 25.9 Å². The highest BCUT2D eigenvalue weighted by Gasteiger charge is 2.22. The molecule has 6 heteroatoms. The summed E-state index contributed by atoms with van der Waals surface area (Å²) in [5.74, 6) is -0.162. The second kappa shape index (κ2) is 7.17. The summed E-state index contributed by atoms with van der Waals surface area (Å²) in [6.07, 6.45) is 2.20. The van der Waals surface area contributed by atoms with Crippen LogP contribution in [0, 0.1) is 11.7 Å². The fraction of sp³-hybridized carbons (Fsp3) is 0.467. The molecule has 0 radical (unpaired) electrons. The molecule has 21 heavy (non-hydrogen) atoms. The molecule has 2 rings (SSSR count). The van der Waals surface area contributed by atoms with Gasteiger partial charge in [0.15, 0.2) is 6.54 Å². The number of hydrogen-bond donors (Lipinski definition) is 3. The maximum absolute atomic E-state index is 13.4. The first-order valence-electron chi connectivity index (χ1n) is 7.23. The van der Waals surface area contributed by atoms with Crippen molar-refractivity contribution in [2.24, 2.45) is 5.92 Å². The Hall–Kier alpha value is -1.95. The minimum Gasteiger partial charge on any atom is -0.327 e. The van der Waals surface area contributed by atoms with Crippen molar-refractivity contribution in [2.45, 2.75) is 19.8 Å². The van der Waals surface area contributed by atoms with Gasteiger partial charge < -0.3 is 10.2 Å². The second-order valence-electron chi connectivity index (χ2n) is 5.59. The van der Waals surface area contributed by atoms with E-state index in [0.29, 0.717) is 5.92 Å². The first-order valence-corrected chi connectivity index (χ1v) is 7.23. The van der Waals surface area contributed by atoms with E-state index in [-0.39, 0.29) is 18.1 Å². The first-order chi connectivity index (χ1) is 10.0. The zero-order valence-corrected chi connectivity index (χ0v) is 12.1. The highest BCUT2D eigenvalue weighted by Crippen LogP contribution is 2.11. The number of amides is 3. The van der Waals surface area contributed by atoms with Crippen LogP contribution in [0.3, 0.4) is 0 Å². The summed E-state index contributed by atoms with van der Waals surface area (Å²) in [6.45, 7) is 4.38. The number of carbonyl (C=O) groups is 2. The number of para-hydroxylation sites is 1. The van der Waals surface area contributed by atoms with Crippen LogP contribution in [-0.4, -0.2) is 31.6 Å². The standard InChI is InChI=1S/C15H20FN3O2/c1-11-6-8-19(9-7-11)10-14(20)18-15(21)17-13-5-3-2-4-12(13)16/h2-5,11H,6-10H2,1H3,(H2,17,18,20,21)/p+1. The van der Waals surface area contributed by atoms with Gasteiger partial charge in [-0.2, -0.15) is 0 Å². The minimum absolute atomic E-state index is 0.0574. The predicted molar refractivity (Wildman–Crippen MR) is 77.5 cm³/mol. The van der Waals surface area contributed by atoms with Gasteiger partial charge in [-0.25, -0.2) is 9.18 Å². The van der Waals surface area contributed by atoms with Crippen LogP contribution in [0.4, 0.5) is 14.9 Å². The number of nitrogens with one attached hydrogen (secondary N) is 3. The number of rotatable bonds is 3. The van der Waals surface area contributed by atoms with Crippen LogP contribution in [0.5, 0.6) is 0 Å². The predicted octanol–water partition coefficient (Wildman–Crippen LogP) is 0.789. The van der Waals surface area contributed by atoms with Crippen molar-refractivity contribution in [1.82, 2.24) is 5.32 Å². The molecule has 0 atom stereocenters. The zero-order chi connectivity index (χ0) is 15.2. The monoisotopic (exact) mass is 294 g/mol. The van der Waals surface area contributed by atoms with Crippen LogP contribution in [-0.2, 0) is 4.79 Å². The number of carbonyl (C=O) groups excluding carboxylic acids is 2. The molecule has 0 spiro atoms. The molecular formula is C15H21FN3O2+. The largest absolute Gasteiger partial charge is 0.327 e. The fourth-order valence-corrected chi connectivity index (χ4v) is 2.46. The Balaban J connectivity index is 1.77. The summed E-state index contributed by atoms with van der Waals surface area (Å²) in [5, 5.41) is 4.57. The molecule has 0 aromatic heterocycles. The van der Waals surface area contributed by atoms with Crippen molar-refractivity contribution >= 4 is 17.6 Å². The molecule has 1 aliphatic rings. The highest BCUT2D eigenvalue weighted by molar-refractivity contribution is 6.01. The summed E-state index contributed by atoms with van der Waals surface area (Å²) in [7, 11) is 0. The number of hydrogen-bond acceptors (Lipinski definition) is 2. The molecule has 0 saturated carbocycles. The van der Waals surface area contributed by atoms with E-state index < -0.39 is 11.8 Å². The van der Waals surface area contributed by atoms with Crippen LogP contribution >= 0.6 is 0 Å². The number of imide groups is 1. The van der Waals surface area contributed by atoms with E-state index in [4.69, 9.17) is 0 Å². The van der Waals surface area contributed by atoms with Crippen LogP contribution in [0.2, 0.25) is 0 Å². The van der Waals surface area contributed by atoms with E-state index >= 15 is 0 Å². The Morgan fingerprint density at radius 1 is 1.29 bits per heavy atom. The molecule has 1 aromatic carbocycles. The molecule has 1 fully saturated rings. The van der Waals surface area contributed by atoms with Gasteiger partial charge in [0.25, 0.3) is 5.91 Å². The molecule has 1 aromatic rings. The van der Waals surface area contributed by atoms with E-state index in [2.05, 4.69) is 17.6 Å². The lowest BCUT2D eigenvalue weighted by molar-refractivity contribution is -0.898. The topological polar surface area (TPSA) is 62.6 Å². The quantitative estimate of drug-likeness (QED) is 0.772. The molecule has 3 N–H and O–H groups in total. The van der Waals surface area contributed by atoms with E-state index in [1.54, 1.807) is 6.07 Å². The van der Waals surface area contributed by atoms with Gasteiger partial charge in [0.05, 0.1) is 18.8 Å². The van der Waals surface area contributed by atoms with E-state index in [1.165, 1.54) is 23.1 Å². The van der Waals surface area contributed by atoms with Crippen molar-refractivity contribution in [3.63, 3.8) is 0 Å². The molecule has 114 valence electrons. The van der Waals surface area contributed by atoms with Crippen molar-refractivity contribution < 1.29 is 18.9 Å². The average molecular weight is 294 g/mol. The third-order valence-electron chi connectivity index (χ3n) is 3.77. The molecular weight excluding hydrogens is 273 g/mol. The maximum atomic E-state index is 13.4. The SMILES string of the molecule is CC1CC[NH+](CC(=O)NC(=O)Nc2ccccc2F)CC1. The van der Waals surface area contributed by atoms with Gasteiger partial charge in [-0.1, -0.05) is 19.1 Å². The normalized spacial score (nSPS) is 21.6. The smallest absolute Gasteiger partial charge is 0.326 e. The van der Waals surface area contributed by atoms with Gasteiger partial charge in [-0.15, -0.1) is 0 Å². The van der Waals surface area contributed by atoms with Crippen LogP contribution < -0.4 is 15.5 Å². The summed E-state index contributed by atoms with van der Waals surface area (Å²) in [4.78, 5) is 24.6. The number of urea groups is 1. The summed E-state index contributed by atoms with van der Waals surface area (Å²) in [5.41, 5.74) is 0.0574. The van der Waals surface area contributed by atoms with E-state index in [9.17, 15) is 14.0 Å². The lowest BCUT2D eigenvalue weighted by Crippen LogP contribution is -3.14. The number of benzene rings is 1. The van der Waals surface area contributed by atoms with Crippen molar-refractivity contribution in [2.75, 3.05) is 25.0 Å².